The Kier molecular flexibility index (Phi) is 6.06. The molecule has 18 heavy (non-hydrogen) atoms. The highest BCUT2D eigenvalue weighted by Crippen LogP contribution is 2.13. The van der Waals surface area contributed by atoms with E-state index in [0.717, 1.165) is 0 Å². The highest BCUT2D eigenvalue weighted by Gasteiger charge is 2.38. The Bertz CT molecular complexity index is 307. The van der Waals surface area contributed by atoms with Gasteiger partial charge in [0.1, 0.15) is 0 Å². The van der Waals surface area contributed by atoms with Crippen molar-refractivity contribution in [1.29, 1.82) is 0 Å². The minimum absolute atomic E-state index is 0.0431. The van der Waals surface area contributed by atoms with Gasteiger partial charge in [-0.05, 0) is 6.42 Å². The van der Waals surface area contributed by atoms with Crippen LogP contribution in [0.1, 0.15) is 6.42 Å². The summed E-state index contributed by atoms with van der Waals surface area (Å²) in [6.07, 6.45) is -4.90. The monoisotopic (exact) mass is 272 g/mol. The average Bonchev–Trinajstić information content (AvgIpc) is 2.63. The second-order valence-corrected chi connectivity index (χ2v) is 3.89. The van der Waals surface area contributed by atoms with E-state index in [1.807, 2.05) is 0 Å². The summed E-state index contributed by atoms with van der Waals surface area (Å²) >= 11 is 0. The van der Waals surface area contributed by atoms with E-state index in [1.165, 1.54) is 4.90 Å². The van der Waals surface area contributed by atoms with E-state index in [9.17, 15) is 18.0 Å². The quantitative estimate of drug-likeness (QED) is 0.595. The number of rotatable bonds is 1. The number of nitrogens with one attached hydrogen (secondary N) is 1. The number of aliphatic hydroxyl groups excluding tert-OH is 1. The van der Waals surface area contributed by atoms with Crippen LogP contribution in [0.3, 0.4) is 0 Å². The number of carboxylic acid groups (broad SMARTS) is 1. The summed E-state index contributed by atoms with van der Waals surface area (Å²) in [5, 5.41) is 19.2. The Balaban J connectivity index is 0.000000360. The molecule has 0 bridgehead atoms. The van der Waals surface area contributed by atoms with Crippen molar-refractivity contribution in [2.45, 2.75) is 24.7 Å². The van der Waals surface area contributed by atoms with Crippen LogP contribution in [0.5, 0.6) is 0 Å². The van der Waals surface area contributed by atoms with Gasteiger partial charge >= 0.3 is 12.1 Å². The molecule has 1 amide bonds. The number of aliphatic carboxylic acids is 1. The lowest BCUT2D eigenvalue weighted by molar-refractivity contribution is -0.192. The summed E-state index contributed by atoms with van der Waals surface area (Å²) in [6.45, 7) is 0.532. The Morgan fingerprint density at radius 1 is 1.33 bits per heavy atom. The first-order chi connectivity index (χ1) is 8.05. The zero-order valence-corrected chi connectivity index (χ0v) is 9.86. The highest BCUT2D eigenvalue weighted by atomic mass is 19.4. The molecule has 1 aliphatic heterocycles. The molecule has 2 atom stereocenters. The number of alkyl halides is 3. The standard InChI is InChI=1S/C7H14N2O2.C2HF3O2/c1-9(2)7(11)6-3-5(10)4-8-6;3-2(4,5)1(6)7/h5-6,8,10H,3-4H2,1-2H3;(H,6,7)/t5-,6-;/m0./s1. The van der Waals surface area contributed by atoms with Crippen molar-refractivity contribution >= 4 is 11.9 Å². The summed E-state index contributed by atoms with van der Waals surface area (Å²) in [5.74, 6) is -2.71. The summed E-state index contributed by atoms with van der Waals surface area (Å²) in [6, 6.07) is -0.181. The summed E-state index contributed by atoms with van der Waals surface area (Å²) in [5.41, 5.74) is 0. The third-order valence-corrected chi connectivity index (χ3v) is 2.09. The van der Waals surface area contributed by atoms with Crippen LogP contribution in [0.25, 0.3) is 0 Å². The molecule has 106 valence electrons. The van der Waals surface area contributed by atoms with Crippen LogP contribution < -0.4 is 5.32 Å². The van der Waals surface area contributed by atoms with Gasteiger partial charge < -0.3 is 20.4 Å². The van der Waals surface area contributed by atoms with Crippen LogP contribution in [0.4, 0.5) is 13.2 Å². The lowest BCUT2D eigenvalue weighted by Gasteiger charge is -2.15. The van der Waals surface area contributed by atoms with Crippen molar-refractivity contribution in [2.24, 2.45) is 0 Å². The van der Waals surface area contributed by atoms with Crippen LogP contribution in [0.15, 0.2) is 0 Å². The van der Waals surface area contributed by atoms with Crippen molar-refractivity contribution in [3.8, 4) is 0 Å². The molecule has 1 fully saturated rings. The maximum atomic E-state index is 11.2. The number of halogens is 3. The van der Waals surface area contributed by atoms with Crippen LogP contribution in [0, 0.1) is 0 Å². The number of β-amino-alcohol motifs (C(OH)–C–C–N with tert-alkyl or cyclic N) is 1. The number of carbonyl (C=O) groups is 2. The third-order valence-electron chi connectivity index (χ3n) is 2.09. The molecule has 0 aromatic carbocycles. The first-order valence-electron chi connectivity index (χ1n) is 4.98. The smallest absolute Gasteiger partial charge is 0.475 e. The SMILES string of the molecule is CN(C)C(=O)[C@@H]1C[C@H](O)CN1.O=C(O)C(F)(F)F. The van der Waals surface area contributed by atoms with Gasteiger partial charge in [0.05, 0.1) is 12.1 Å². The molecule has 6 nitrogen and oxygen atoms in total. The van der Waals surface area contributed by atoms with Gasteiger partial charge in [-0.15, -0.1) is 0 Å². The zero-order valence-electron chi connectivity index (χ0n) is 9.86. The number of carbonyl (C=O) groups excluding carboxylic acids is 1. The number of hydrogen-bond acceptors (Lipinski definition) is 4. The summed E-state index contributed by atoms with van der Waals surface area (Å²) < 4.78 is 31.7. The van der Waals surface area contributed by atoms with E-state index in [4.69, 9.17) is 15.0 Å². The Hall–Kier alpha value is -1.35. The van der Waals surface area contributed by atoms with Gasteiger partial charge in [0.2, 0.25) is 5.91 Å². The summed E-state index contributed by atoms with van der Waals surface area (Å²) in [7, 11) is 3.43. The lowest BCUT2D eigenvalue weighted by Crippen LogP contribution is -2.39. The number of likely N-dealkylation sites (N-methyl/N-ethyl adjacent to an activating group) is 1. The van der Waals surface area contributed by atoms with Crippen molar-refractivity contribution in [3.63, 3.8) is 0 Å². The first kappa shape index (κ1) is 16.6. The Labute approximate surface area is 101 Å². The van der Waals surface area contributed by atoms with Gasteiger partial charge in [0, 0.05) is 20.6 Å². The number of carboxylic acids is 1. The molecule has 1 aliphatic rings. The molecule has 3 N–H and O–H groups in total. The molecule has 0 aliphatic carbocycles. The lowest BCUT2D eigenvalue weighted by atomic mass is 10.2. The number of nitrogens with zero attached hydrogens (tertiary/aromatic N) is 1. The topological polar surface area (TPSA) is 89.9 Å². The van der Waals surface area contributed by atoms with Crippen LogP contribution in [-0.2, 0) is 9.59 Å². The van der Waals surface area contributed by atoms with Gasteiger partial charge in [0.25, 0.3) is 0 Å². The van der Waals surface area contributed by atoms with Gasteiger partial charge in [-0.25, -0.2) is 4.79 Å². The predicted molar refractivity (Wildman–Crippen MR) is 54.8 cm³/mol. The molecule has 0 radical (unpaired) electrons. The fourth-order valence-electron chi connectivity index (χ4n) is 1.22. The second-order valence-electron chi connectivity index (χ2n) is 3.89. The molecule has 1 rings (SSSR count). The minimum atomic E-state index is -5.08. The summed E-state index contributed by atoms with van der Waals surface area (Å²) in [4.78, 5) is 21.7. The number of amides is 1. The molecule has 0 saturated carbocycles. The van der Waals surface area contributed by atoms with E-state index >= 15 is 0 Å². The number of aliphatic hydroxyl groups is 1. The van der Waals surface area contributed by atoms with Gasteiger partial charge in [-0.1, -0.05) is 0 Å². The Morgan fingerprint density at radius 2 is 1.78 bits per heavy atom. The molecule has 9 heteroatoms. The van der Waals surface area contributed by atoms with Crippen LogP contribution >= 0.6 is 0 Å². The van der Waals surface area contributed by atoms with Crippen molar-refractivity contribution in [3.05, 3.63) is 0 Å². The van der Waals surface area contributed by atoms with E-state index in [1.54, 1.807) is 14.1 Å². The number of hydrogen-bond donors (Lipinski definition) is 3. The molecule has 0 spiro atoms. The zero-order chi connectivity index (χ0) is 14.5. The predicted octanol–water partition coefficient (Wildman–Crippen LogP) is -0.569. The third kappa shape index (κ3) is 5.82. The van der Waals surface area contributed by atoms with Crippen molar-refractivity contribution < 1.29 is 33.0 Å². The fraction of sp³-hybridized carbons (Fsp3) is 0.778. The maximum Gasteiger partial charge on any atom is 0.490 e. The fourth-order valence-corrected chi connectivity index (χ4v) is 1.22. The van der Waals surface area contributed by atoms with E-state index < -0.39 is 12.1 Å². The van der Waals surface area contributed by atoms with Gasteiger partial charge in [-0.2, -0.15) is 13.2 Å². The van der Waals surface area contributed by atoms with Crippen molar-refractivity contribution in [2.75, 3.05) is 20.6 Å². The molecule has 0 unspecified atom stereocenters. The van der Waals surface area contributed by atoms with Gasteiger partial charge in [0.15, 0.2) is 0 Å². The second kappa shape index (κ2) is 6.55. The Morgan fingerprint density at radius 3 is 2.00 bits per heavy atom. The van der Waals surface area contributed by atoms with Gasteiger partial charge in [-0.3, -0.25) is 4.79 Å². The first-order valence-corrected chi connectivity index (χ1v) is 4.98. The minimum Gasteiger partial charge on any atom is -0.475 e. The molecule has 0 aromatic heterocycles. The van der Waals surface area contributed by atoms with Crippen molar-refractivity contribution in [1.82, 2.24) is 10.2 Å². The van der Waals surface area contributed by atoms with Crippen LogP contribution in [-0.4, -0.2) is 66.0 Å². The van der Waals surface area contributed by atoms with E-state index in [-0.39, 0.29) is 18.1 Å². The maximum absolute atomic E-state index is 11.2. The molecule has 1 saturated heterocycles. The average molecular weight is 272 g/mol. The normalized spacial score (nSPS) is 23.0. The van der Waals surface area contributed by atoms with Crippen LogP contribution in [0.2, 0.25) is 0 Å². The molecule has 0 aromatic rings. The van der Waals surface area contributed by atoms with E-state index in [2.05, 4.69) is 5.32 Å². The highest BCUT2D eigenvalue weighted by molar-refractivity contribution is 5.81. The molecular weight excluding hydrogens is 257 g/mol. The molecule has 1 heterocycles. The molecular formula is C9H15F3N2O4. The largest absolute Gasteiger partial charge is 0.490 e. The van der Waals surface area contributed by atoms with E-state index in [0.29, 0.717) is 13.0 Å².